The summed E-state index contributed by atoms with van der Waals surface area (Å²) in [6.07, 6.45) is 4.15. The second-order valence-electron chi connectivity index (χ2n) is 6.46. The molecule has 1 saturated carbocycles. The van der Waals surface area contributed by atoms with Gasteiger partial charge >= 0.3 is 0 Å². The Morgan fingerprint density at radius 2 is 2.05 bits per heavy atom. The molecule has 0 aliphatic heterocycles. The number of nitrogens with one attached hydrogen (secondary N) is 1. The first-order chi connectivity index (χ1) is 9.96. The van der Waals surface area contributed by atoms with Crippen LogP contribution in [0, 0.1) is 0 Å². The van der Waals surface area contributed by atoms with Crippen LogP contribution >= 0.6 is 0 Å². The van der Waals surface area contributed by atoms with Gasteiger partial charge in [-0.1, -0.05) is 25.5 Å². The quantitative estimate of drug-likeness (QED) is 0.871. The summed E-state index contributed by atoms with van der Waals surface area (Å²) >= 11 is 0. The third-order valence-electron chi connectivity index (χ3n) is 4.72. The summed E-state index contributed by atoms with van der Waals surface area (Å²) in [4.78, 5) is 14.5. The maximum absolute atomic E-state index is 12.2. The number of nitrogens with zero attached hydrogens (tertiary/aromatic N) is 1. The van der Waals surface area contributed by atoms with Crippen molar-refractivity contribution < 1.29 is 4.79 Å². The Balaban J connectivity index is 2.42. The molecule has 0 unspecified atom stereocenters. The largest absolute Gasteiger partial charge is 0.372 e. The first-order valence-corrected chi connectivity index (χ1v) is 8.04. The zero-order valence-electron chi connectivity index (χ0n) is 14.0. The van der Waals surface area contributed by atoms with Gasteiger partial charge in [-0.2, -0.15) is 0 Å². The third-order valence-corrected chi connectivity index (χ3v) is 4.72. The van der Waals surface area contributed by atoms with Gasteiger partial charge in [0, 0.05) is 25.8 Å². The summed E-state index contributed by atoms with van der Waals surface area (Å²) in [5.41, 5.74) is 3.56. The van der Waals surface area contributed by atoms with E-state index < -0.39 is 0 Å². The SMILES string of the molecule is CCCc1ccc(C2(C(=O)NC)CC2)cc1N(C)C(C)C. The maximum Gasteiger partial charge on any atom is 0.230 e. The highest BCUT2D eigenvalue weighted by molar-refractivity contribution is 5.91. The molecule has 1 amide bonds. The second kappa shape index (κ2) is 6.08. The monoisotopic (exact) mass is 288 g/mol. The van der Waals surface area contributed by atoms with Crippen molar-refractivity contribution in [1.82, 2.24) is 5.32 Å². The van der Waals surface area contributed by atoms with E-state index in [1.54, 1.807) is 7.05 Å². The van der Waals surface area contributed by atoms with E-state index in [-0.39, 0.29) is 11.3 Å². The Morgan fingerprint density at radius 1 is 1.38 bits per heavy atom. The number of hydrogen-bond acceptors (Lipinski definition) is 2. The Labute approximate surface area is 128 Å². The molecule has 0 aromatic heterocycles. The first-order valence-electron chi connectivity index (χ1n) is 8.04. The van der Waals surface area contributed by atoms with Crippen molar-refractivity contribution in [2.45, 2.75) is 57.9 Å². The zero-order valence-corrected chi connectivity index (χ0v) is 14.0. The first kappa shape index (κ1) is 15.9. The lowest BCUT2D eigenvalue weighted by Crippen LogP contribution is -2.32. The van der Waals surface area contributed by atoms with Gasteiger partial charge in [-0.3, -0.25) is 4.79 Å². The third kappa shape index (κ3) is 2.92. The van der Waals surface area contributed by atoms with Crippen LogP contribution in [0.2, 0.25) is 0 Å². The van der Waals surface area contributed by atoms with Crippen molar-refractivity contribution in [1.29, 1.82) is 0 Å². The van der Waals surface area contributed by atoms with Crippen LogP contribution < -0.4 is 10.2 Å². The minimum Gasteiger partial charge on any atom is -0.372 e. The molecule has 116 valence electrons. The summed E-state index contributed by atoms with van der Waals surface area (Å²) in [6.45, 7) is 6.61. The van der Waals surface area contributed by atoms with E-state index in [1.165, 1.54) is 16.8 Å². The lowest BCUT2D eigenvalue weighted by Gasteiger charge is -2.28. The normalized spacial score (nSPS) is 15.9. The summed E-state index contributed by atoms with van der Waals surface area (Å²) in [6, 6.07) is 7.07. The molecule has 0 spiro atoms. The number of carbonyl (C=O) groups is 1. The van der Waals surface area contributed by atoms with E-state index in [0.29, 0.717) is 6.04 Å². The standard InChI is InChI=1S/C18H28N2O/c1-6-7-14-8-9-15(12-16(14)20(5)13(2)3)18(10-11-18)17(21)19-4/h8-9,12-13H,6-7,10-11H2,1-5H3,(H,19,21). The highest BCUT2D eigenvalue weighted by Gasteiger charge is 2.51. The molecule has 0 radical (unpaired) electrons. The van der Waals surface area contributed by atoms with Crippen LogP contribution in [0.15, 0.2) is 18.2 Å². The van der Waals surface area contributed by atoms with Gasteiger partial charge in [0.1, 0.15) is 0 Å². The van der Waals surface area contributed by atoms with Crippen LogP contribution in [-0.2, 0) is 16.6 Å². The average molecular weight is 288 g/mol. The lowest BCUT2D eigenvalue weighted by molar-refractivity contribution is -0.123. The van der Waals surface area contributed by atoms with Crippen LogP contribution in [0.3, 0.4) is 0 Å². The van der Waals surface area contributed by atoms with E-state index >= 15 is 0 Å². The molecule has 0 bridgehead atoms. The van der Waals surface area contributed by atoms with Crippen LogP contribution in [0.25, 0.3) is 0 Å². The Morgan fingerprint density at radius 3 is 2.52 bits per heavy atom. The highest BCUT2D eigenvalue weighted by atomic mass is 16.2. The number of likely N-dealkylation sites (N-methyl/N-ethyl adjacent to an activating group) is 1. The Bertz CT molecular complexity index is 518. The number of benzene rings is 1. The molecule has 21 heavy (non-hydrogen) atoms. The van der Waals surface area contributed by atoms with Crippen LogP contribution in [-0.4, -0.2) is 26.0 Å². The van der Waals surface area contributed by atoms with Crippen LogP contribution in [0.5, 0.6) is 0 Å². The second-order valence-corrected chi connectivity index (χ2v) is 6.46. The summed E-state index contributed by atoms with van der Waals surface area (Å²) < 4.78 is 0. The minimum absolute atomic E-state index is 0.156. The van der Waals surface area contributed by atoms with Crippen molar-refractivity contribution in [2.24, 2.45) is 0 Å². The van der Waals surface area contributed by atoms with E-state index in [4.69, 9.17) is 0 Å². The highest BCUT2D eigenvalue weighted by Crippen LogP contribution is 2.49. The van der Waals surface area contributed by atoms with E-state index in [9.17, 15) is 4.79 Å². The smallest absolute Gasteiger partial charge is 0.230 e. The number of carbonyl (C=O) groups excluding carboxylic acids is 1. The molecule has 1 fully saturated rings. The summed E-state index contributed by atoms with van der Waals surface area (Å²) in [5, 5.41) is 2.82. The average Bonchev–Trinajstić information content (AvgIpc) is 3.28. The fourth-order valence-corrected chi connectivity index (χ4v) is 2.96. The summed E-state index contributed by atoms with van der Waals surface area (Å²) in [7, 11) is 3.87. The topological polar surface area (TPSA) is 32.3 Å². The van der Waals surface area contributed by atoms with Crippen molar-refractivity contribution in [3.05, 3.63) is 29.3 Å². The van der Waals surface area contributed by atoms with Crippen molar-refractivity contribution in [2.75, 3.05) is 19.0 Å². The van der Waals surface area contributed by atoms with Crippen molar-refractivity contribution in [3.8, 4) is 0 Å². The lowest BCUT2D eigenvalue weighted by atomic mass is 9.92. The van der Waals surface area contributed by atoms with Crippen LogP contribution in [0.4, 0.5) is 5.69 Å². The molecule has 1 aliphatic carbocycles. The van der Waals surface area contributed by atoms with Gasteiger partial charge < -0.3 is 10.2 Å². The van der Waals surface area contributed by atoms with Gasteiger partial charge in [0.25, 0.3) is 0 Å². The van der Waals surface area contributed by atoms with Gasteiger partial charge in [-0.05, 0) is 50.3 Å². The number of hydrogen-bond donors (Lipinski definition) is 1. The molecule has 1 aromatic carbocycles. The predicted octanol–water partition coefficient (Wildman–Crippen LogP) is 3.26. The number of anilines is 1. The van der Waals surface area contributed by atoms with Gasteiger partial charge in [0.2, 0.25) is 5.91 Å². The van der Waals surface area contributed by atoms with E-state index in [1.807, 2.05) is 0 Å². The molecule has 3 heteroatoms. The number of amides is 1. The number of aryl methyl sites for hydroxylation is 1. The molecule has 0 heterocycles. The molecule has 2 rings (SSSR count). The Kier molecular flexibility index (Phi) is 4.60. The van der Waals surface area contributed by atoms with Crippen LogP contribution in [0.1, 0.15) is 51.2 Å². The molecule has 1 aliphatic rings. The van der Waals surface area contributed by atoms with Gasteiger partial charge in [-0.15, -0.1) is 0 Å². The molecule has 1 aromatic rings. The molecular formula is C18H28N2O. The molecule has 3 nitrogen and oxygen atoms in total. The predicted molar refractivity (Wildman–Crippen MR) is 89.0 cm³/mol. The van der Waals surface area contributed by atoms with Gasteiger partial charge in [-0.25, -0.2) is 0 Å². The molecule has 0 atom stereocenters. The fraction of sp³-hybridized carbons (Fsp3) is 0.611. The minimum atomic E-state index is -0.272. The molecule has 0 saturated heterocycles. The van der Waals surface area contributed by atoms with Gasteiger partial charge in [0.15, 0.2) is 0 Å². The molecule has 1 N–H and O–H groups in total. The van der Waals surface area contributed by atoms with Crippen molar-refractivity contribution in [3.63, 3.8) is 0 Å². The van der Waals surface area contributed by atoms with E-state index in [2.05, 4.69) is 56.2 Å². The van der Waals surface area contributed by atoms with Crippen molar-refractivity contribution >= 4 is 11.6 Å². The van der Waals surface area contributed by atoms with Gasteiger partial charge in [0.05, 0.1) is 5.41 Å². The molecular weight excluding hydrogens is 260 g/mol. The Hall–Kier alpha value is -1.51. The fourth-order valence-electron chi connectivity index (χ4n) is 2.96. The number of rotatable bonds is 6. The summed E-state index contributed by atoms with van der Waals surface area (Å²) in [5.74, 6) is 0.156. The zero-order chi connectivity index (χ0) is 15.6. The van der Waals surface area contributed by atoms with E-state index in [0.717, 1.165) is 25.7 Å². The maximum atomic E-state index is 12.2.